The van der Waals surface area contributed by atoms with Crippen molar-refractivity contribution in [2.24, 2.45) is 18.4 Å². The van der Waals surface area contributed by atoms with Crippen molar-refractivity contribution in [2.45, 2.75) is 104 Å². The van der Waals surface area contributed by atoms with Gasteiger partial charge in [-0.25, -0.2) is 10.4 Å². The average molecular weight is 945 g/mol. The number of aryl methyl sites for hydroxylation is 1. The first-order valence-corrected chi connectivity index (χ1v) is 23.7. The van der Waals surface area contributed by atoms with Crippen LogP contribution in [0.3, 0.4) is 0 Å². The number of nitrogens with zero attached hydrogens (tertiary/aromatic N) is 6. The van der Waals surface area contributed by atoms with E-state index in [-0.39, 0.29) is 49.2 Å². The summed E-state index contributed by atoms with van der Waals surface area (Å²) in [6.07, 6.45) is 4.27. The number of esters is 1. The van der Waals surface area contributed by atoms with E-state index in [2.05, 4.69) is 69.9 Å². The predicted octanol–water partition coefficient (Wildman–Crippen LogP) is 4.89. The number of carbonyl (C=O) groups excluding carboxylic acids is 5. The molecule has 5 aromatic rings. The van der Waals surface area contributed by atoms with Gasteiger partial charge in [0.1, 0.15) is 29.7 Å². The van der Waals surface area contributed by atoms with Crippen LogP contribution in [0.5, 0.6) is 5.75 Å². The van der Waals surface area contributed by atoms with Crippen LogP contribution in [-0.4, -0.2) is 122 Å². The number of ether oxygens (including phenoxy) is 2. The molecule has 0 aliphatic carbocycles. The van der Waals surface area contributed by atoms with Crippen LogP contribution in [0.2, 0.25) is 0 Å². The second kappa shape index (κ2) is 19.8. The number of nitrogens with one attached hydrogen (secondary N) is 4. The minimum absolute atomic E-state index is 0.00345. The molecule has 0 saturated carbocycles. The molecule has 3 aliphatic heterocycles. The summed E-state index contributed by atoms with van der Waals surface area (Å²) in [5.74, 6) is -2.53. The molecule has 3 aliphatic rings. The summed E-state index contributed by atoms with van der Waals surface area (Å²) >= 11 is 0. The van der Waals surface area contributed by atoms with Gasteiger partial charge in [0.05, 0.1) is 36.3 Å². The van der Waals surface area contributed by atoms with Crippen LogP contribution in [0.4, 0.5) is 5.82 Å². The van der Waals surface area contributed by atoms with Crippen LogP contribution < -0.4 is 21.4 Å². The summed E-state index contributed by atoms with van der Waals surface area (Å²) in [5, 5.41) is 22.4. The lowest BCUT2D eigenvalue weighted by molar-refractivity contribution is -0.155. The van der Waals surface area contributed by atoms with E-state index >= 15 is 0 Å². The van der Waals surface area contributed by atoms with Gasteiger partial charge in [0, 0.05) is 75.3 Å². The Morgan fingerprint density at radius 3 is 2.55 bits per heavy atom. The molecule has 18 nitrogen and oxygen atoms in total. The number of hydrogen-bond donors (Lipinski definition) is 5. The second-order valence-corrected chi connectivity index (χ2v) is 19.6. The number of likely N-dealkylation sites (N-methyl/N-ethyl adjacent to an activating group) is 1. The lowest BCUT2D eigenvalue weighted by atomic mass is 9.84. The Morgan fingerprint density at radius 1 is 1.07 bits per heavy atom. The van der Waals surface area contributed by atoms with Gasteiger partial charge in [0.2, 0.25) is 17.6 Å². The highest BCUT2D eigenvalue weighted by molar-refractivity contribution is 5.99. The molecule has 2 saturated heterocycles. The Kier molecular flexibility index (Phi) is 14.0. The molecule has 0 unspecified atom stereocenters. The summed E-state index contributed by atoms with van der Waals surface area (Å²) in [6, 6.07) is 12.0. The lowest BCUT2D eigenvalue weighted by Crippen LogP contribution is -2.62. The first-order valence-electron chi connectivity index (χ1n) is 23.7. The number of benzene rings is 2. The van der Waals surface area contributed by atoms with Crippen LogP contribution in [0.15, 0.2) is 60.9 Å². The average Bonchev–Trinajstić information content (AvgIpc) is 4.07. The Balaban J connectivity index is 1.19. The van der Waals surface area contributed by atoms with Gasteiger partial charge in [-0.15, -0.1) is 0 Å². The molecule has 4 amide bonds. The number of hydrazine groups is 1. The van der Waals surface area contributed by atoms with E-state index in [0.717, 1.165) is 39.0 Å². The number of pyridine rings is 1. The molecule has 6 bridgehead atoms. The van der Waals surface area contributed by atoms with Gasteiger partial charge < -0.3 is 44.6 Å². The van der Waals surface area contributed by atoms with Crippen molar-refractivity contribution in [3.05, 3.63) is 83.6 Å². The maximum Gasteiger partial charge on any atom is 0.324 e. The lowest BCUT2D eigenvalue weighted by Gasteiger charge is -2.36. The maximum atomic E-state index is 14.8. The van der Waals surface area contributed by atoms with Crippen molar-refractivity contribution in [3.8, 4) is 28.1 Å². The molecule has 5 atom stereocenters. The number of hydrogen-bond acceptors (Lipinski definition) is 12. The van der Waals surface area contributed by atoms with Crippen LogP contribution in [0.1, 0.15) is 87.9 Å². The third-order valence-electron chi connectivity index (χ3n) is 13.5. The molecule has 0 spiro atoms. The number of amides is 4. The van der Waals surface area contributed by atoms with Gasteiger partial charge in [0.25, 0.3) is 11.8 Å². The van der Waals surface area contributed by atoms with Gasteiger partial charge >= 0.3 is 5.97 Å². The number of imidazole rings is 1. The van der Waals surface area contributed by atoms with E-state index in [1.807, 2.05) is 25.1 Å². The van der Waals surface area contributed by atoms with Crippen LogP contribution in [0, 0.1) is 11.3 Å². The fraction of sp³-hybridized carbons (Fsp3) is 0.471. The molecule has 366 valence electrons. The molecular weight excluding hydrogens is 881 g/mol. The number of phenolic OH excluding ortho intramolecular Hbond substituents is 1. The summed E-state index contributed by atoms with van der Waals surface area (Å²) in [4.78, 5) is 80.3. The van der Waals surface area contributed by atoms with E-state index in [0.29, 0.717) is 49.3 Å². The minimum Gasteiger partial charge on any atom is -0.508 e. The summed E-state index contributed by atoms with van der Waals surface area (Å²) < 4.78 is 15.7. The zero-order valence-corrected chi connectivity index (χ0v) is 40.9. The largest absolute Gasteiger partial charge is 0.508 e. The first kappa shape index (κ1) is 48.8. The quantitative estimate of drug-likeness (QED) is 0.0882. The maximum absolute atomic E-state index is 14.8. The van der Waals surface area contributed by atoms with Gasteiger partial charge in [0.15, 0.2) is 0 Å². The topological polar surface area (TPSA) is 224 Å². The van der Waals surface area contributed by atoms with Crippen molar-refractivity contribution in [3.63, 3.8) is 0 Å². The van der Waals surface area contributed by atoms with Crippen LogP contribution >= 0.6 is 0 Å². The SMILES string of the molecule is CCn1c(-c2cccnc2[C@H](C)OC)c2c3cc(ccc31)-c1cc(O)cc(c1)C[C@H](NC(=O)[C@H](C(C)C)N(C)C(=O)c1ncc(NC(=O)[C@@H]3CN3)n1C)C(=O)N1CCC[C@H](N1)C(=O)OCC(C)(C)C2. The van der Waals surface area contributed by atoms with Gasteiger partial charge in [-0.2, -0.15) is 0 Å². The Morgan fingerprint density at radius 2 is 1.84 bits per heavy atom. The van der Waals surface area contributed by atoms with Crippen LogP contribution in [0.25, 0.3) is 33.3 Å². The van der Waals surface area contributed by atoms with E-state index in [4.69, 9.17) is 14.5 Å². The van der Waals surface area contributed by atoms with Crippen molar-refractivity contribution >= 4 is 46.3 Å². The number of aromatic nitrogens is 4. The van der Waals surface area contributed by atoms with Crippen molar-refractivity contribution in [1.82, 2.24) is 45.1 Å². The monoisotopic (exact) mass is 944 g/mol. The molecule has 69 heavy (non-hydrogen) atoms. The Bertz CT molecular complexity index is 2790. The molecule has 2 fully saturated rings. The fourth-order valence-corrected chi connectivity index (χ4v) is 9.72. The normalized spacial score (nSPS) is 20.2. The molecule has 18 heteroatoms. The third kappa shape index (κ3) is 10.1. The highest BCUT2D eigenvalue weighted by atomic mass is 16.5. The van der Waals surface area contributed by atoms with E-state index in [1.165, 1.54) is 27.7 Å². The minimum atomic E-state index is -1.21. The number of methoxy groups -OCH3 is 1. The number of rotatable bonds is 11. The van der Waals surface area contributed by atoms with Crippen molar-refractivity contribution in [2.75, 3.05) is 39.2 Å². The van der Waals surface area contributed by atoms with Gasteiger partial charge in [-0.3, -0.25) is 34.0 Å². The fourth-order valence-electron chi connectivity index (χ4n) is 9.72. The number of anilines is 1. The smallest absolute Gasteiger partial charge is 0.324 e. The van der Waals surface area contributed by atoms with E-state index < -0.39 is 53.1 Å². The molecule has 8 rings (SSSR count). The Hall–Kier alpha value is -6.63. The molecule has 2 aromatic carbocycles. The number of fused-ring (bicyclic) bond motifs is 6. The molecule has 6 heterocycles. The van der Waals surface area contributed by atoms with Gasteiger partial charge in [-0.1, -0.05) is 39.8 Å². The summed E-state index contributed by atoms with van der Waals surface area (Å²) in [7, 11) is 4.77. The van der Waals surface area contributed by atoms with Gasteiger partial charge in [-0.05, 0) is 97.7 Å². The zero-order valence-electron chi connectivity index (χ0n) is 40.9. The number of carbonyl (C=O) groups is 5. The summed E-state index contributed by atoms with van der Waals surface area (Å²) in [6.45, 7) is 13.4. The highest BCUT2D eigenvalue weighted by Gasteiger charge is 2.39. The van der Waals surface area contributed by atoms with Crippen molar-refractivity contribution < 1.29 is 38.6 Å². The molecular formula is C51H64N10O8. The van der Waals surface area contributed by atoms with E-state index in [9.17, 15) is 29.1 Å². The highest BCUT2D eigenvalue weighted by Crippen LogP contribution is 2.42. The molecule has 3 aromatic heterocycles. The number of phenols is 1. The molecule has 0 radical (unpaired) electrons. The van der Waals surface area contributed by atoms with E-state index in [1.54, 1.807) is 46.3 Å². The summed E-state index contributed by atoms with van der Waals surface area (Å²) in [5.41, 5.74) is 9.42. The third-order valence-corrected chi connectivity index (χ3v) is 13.5. The molecule has 5 N–H and O–H groups in total. The number of aromatic hydroxyl groups is 1. The predicted molar refractivity (Wildman–Crippen MR) is 260 cm³/mol. The van der Waals surface area contributed by atoms with Crippen molar-refractivity contribution in [1.29, 1.82) is 0 Å². The van der Waals surface area contributed by atoms with Crippen LogP contribution in [-0.2, 0) is 55.1 Å². The zero-order chi connectivity index (χ0) is 49.5. The number of cyclic esters (lactones) is 1. The standard InChI is InChI=1S/C51H64N10O8/c1-10-60-40-16-15-31-23-35(40)36(44(60)34-13-11-17-52-42(34)29(4)68-9)24-51(5,6)27-69-50(67)37-14-12-18-61(57-37)48(65)38(21-30-19-32(31)22-33(62)20-30)55-47(64)43(28(2)3)59(8)49(66)45-54-26-41(58(45)7)56-46(63)39-25-53-39/h11,13,15-17,19-20,22-23,26,28-29,37-39,43,53,57,62H,10,12,14,18,21,24-25,27H2,1-9H3,(H,55,64)(H,56,63)/t29-,37-,38-,39-,43-/m0/s1. The first-order chi connectivity index (χ1) is 32.9. The second-order valence-electron chi connectivity index (χ2n) is 19.6. The Labute approximate surface area is 402 Å².